The van der Waals surface area contributed by atoms with E-state index in [0.29, 0.717) is 19.4 Å². The first-order valence-electron chi connectivity index (χ1n) is 16.6. The van der Waals surface area contributed by atoms with Gasteiger partial charge in [-0.05, 0) is 39.0 Å². The van der Waals surface area contributed by atoms with Crippen LogP contribution in [0.15, 0.2) is 11.1 Å². The summed E-state index contributed by atoms with van der Waals surface area (Å²) >= 11 is 0. The molecule has 2 aliphatic heterocycles. The number of fused-ring (bicyclic) bond motifs is 3. The van der Waals surface area contributed by atoms with Crippen LogP contribution in [-0.2, 0) is 28.5 Å². The van der Waals surface area contributed by atoms with Crippen LogP contribution in [0, 0.1) is 22.7 Å². The molecule has 7 atom stereocenters. The summed E-state index contributed by atoms with van der Waals surface area (Å²) in [4.78, 5) is 26.1. The molecule has 0 radical (unpaired) electrons. The van der Waals surface area contributed by atoms with Gasteiger partial charge in [0.1, 0.15) is 5.60 Å². The Kier molecular flexibility index (Phi) is 9.36. The fraction of sp³-hybridized carbons (Fsp3) is 0.882. The maximum Gasteiger partial charge on any atom is 0.313 e. The third kappa shape index (κ3) is 4.97. The van der Waals surface area contributed by atoms with Crippen LogP contribution in [0.5, 0.6) is 0 Å². The van der Waals surface area contributed by atoms with E-state index in [0.717, 1.165) is 19.3 Å². The largest absolute Gasteiger partial charge is 0.469 e. The summed E-state index contributed by atoms with van der Waals surface area (Å²) < 4.78 is 23.9. The number of carbonyl (C=O) groups is 2. The number of unbranched alkanes of at least 4 members (excludes halogenated alkanes) is 14. The molecule has 6 nitrogen and oxygen atoms in total. The smallest absolute Gasteiger partial charge is 0.313 e. The van der Waals surface area contributed by atoms with E-state index < -0.39 is 22.7 Å². The van der Waals surface area contributed by atoms with Crippen LogP contribution < -0.4 is 0 Å². The summed E-state index contributed by atoms with van der Waals surface area (Å²) in [5, 5.41) is 0. The zero-order valence-electron chi connectivity index (χ0n) is 25.7. The van der Waals surface area contributed by atoms with Crippen molar-refractivity contribution in [2.45, 2.75) is 154 Å². The number of esters is 2. The summed E-state index contributed by atoms with van der Waals surface area (Å²) in [6, 6.07) is 0. The summed E-state index contributed by atoms with van der Waals surface area (Å²) in [6.45, 7) is 6.96. The molecule has 40 heavy (non-hydrogen) atoms. The Balaban J connectivity index is 0.991. The lowest BCUT2D eigenvalue weighted by molar-refractivity contribution is -0.188. The van der Waals surface area contributed by atoms with E-state index in [1.807, 2.05) is 0 Å². The topological polar surface area (TPSA) is 74.4 Å². The summed E-state index contributed by atoms with van der Waals surface area (Å²) in [5.74, 6) is 0.0503. The lowest BCUT2D eigenvalue weighted by Crippen LogP contribution is -2.56. The van der Waals surface area contributed by atoms with Gasteiger partial charge in [0, 0.05) is 12.3 Å². The third-order valence-corrected chi connectivity index (χ3v) is 11.2. The minimum atomic E-state index is -0.711. The Morgan fingerprint density at radius 2 is 1.45 bits per heavy atom. The van der Waals surface area contributed by atoms with Gasteiger partial charge in [-0.2, -0.15) is 0 Å². The van der Waals surface area contributed by atoms with Gasteiger partial charge >= 0.3 is 11.9 Å². The molecule has 3 saturated carbocycles. The second-order valence-electron chi connectivity index (χ2n) is 13.7. The molecule has 7 unspecified atom stereocenters. The maximum absolute atomic E-state index is 13.3. The molecule has 2 spiro atoms. The second kappa shape index (κ2) is 12.5. The van der Waals surface area contributed by atoms with Crippen LogP contribution in [0.25, 0.3) is 0 Å². The predicted octanol–water partition coefficient (Wildman–Crippen LogP) is 7.82. The standard InChI is InChI=1S/C34H54O6/c1-5-6-7-8-9-10-11-12-13-14-15-16-17-18-19-20-27(35)39-31-33-22-32(33,30(36)37-4)26-21-25(24(2)3)28(26)29-34(33,40-29)23-38-31/h26,28-29,31H,5-23H2,1-4H3. The number of epoxide rings is 1. The highest BCUT2D eigenvalue weighted by Crippen LogP contribution is 2.90. The molecule has 6 heteroatoms. The predicted molar refractivity (Wildman–Crippen MR) is 154 cm³/mol. The van der Waals surface area contributed by atoms with E-state index in [9.17, 15) is 9.59 Å². The zero-order chi connectivity index (χ0) is 28.4. The number of hydrogen-bond acceptors (Lipinski definition) is 6. The minimum absolute atomic E-state index is 0.0654. The number of hydrogen-bond donors (Lipinski definition) is 0. The van der Waals surface area contributed by atoms with Gasteiger partial charge in [-0.15, -0.1) is 0 Å². The number of carbonyl (C=O) groups excluding carboxylic acids is 2. The molecule has 5 aliphatic rings. The van der Waals surface area contributed by atoms with Crippen molar-refractivity contribution >= 4 is 11.9 Å². The molecule has 0 aromatic rings. The Hall–Kier alpha value is -1.40. The normalized spacial score (nSPS) is 36.0. The van der Waals surface area contributed by atoms with Crippen LogP contribution in [0.2, 0.25) is 0 Å². The van der Waals surface area contributed by atoms with Crippen molar-refractivity contribution < 1.29 is 28.5 Å². The Morgan fingerprint density at radius 3 is 2.00 bits per heavy atom. The first-order chi connectivity index (χ1) is 19.4. The van der Waals surface area contributed by atoms with Crippen molar-refractivity contribution in [3.05, 3.63) is 11.1 Å². The molecule has 5 fully saturated rings. The average molecular weight is 559 g/mol. The van der Waals surface area contributed by atoms with Crippen molar-refractivity contribution in [2.24, 2.45) is 22.7 Å². The van der Waals surface area contributed by atoms with E-state index in [2.05, 4.69) is 20.8 Å². The highest BCUT2D eigenvalue weighted by atomic mass is 16.7. The maximum atomic E-state index is 13.3. The molecule has 226 valence electrons. The molecular formula is C34H54O6. The van der Waals surface area contributed by atoms with Gasteiger partial charge in [-0.25, -0.2) is 0 Å². The van der Waals surface area contributed by atoms with Crippen LogP contribution in [0.3, 0.4) is 0 Å². The Labute approximate surface area is 242 Å². The van der Waals surface area contributed by atoms with Crippen molar-refractivity contribution in [1.82, 2.24) is 0 Å². The first-order valence-corrected chi connectivity index (χ1v) is 16.6. The monoisotopic (exact) mass is 558 g/mol. The van der Waals surface area contributed by atoms with Gasteiger partial charge in [-0.1, -0.05) is 108 Å². The fourth-order valence-electron chi connectivity index (χ4n) is 8.92. The summed E-state index contributed by atoms with van der Waals surface area (Å²) in [5.41, 5.74) is 0.989. The molecule has 2 saturated heterocycles. The average Bonchev–Trinajstić information content (AvgIpc) is 3.79. The lowest BCUT2D eigenvalue weighted by atomic mass is 9.51. The quantitative estimate of drug-likeness (QED) is 0.0739. The van der Waals surface area contributed by atoms with Gasteiger partial charge in [0.05, 0.1) is 30.7 Å². The molecule has 0 amide bonds. The molecular weight excluding hydrogens is 504 g/mol. The zero-order valence-corrected chi connectivity index (χ0v) is 25.7. The van der Waals surface area contributed by atoms with Gasteiger partial charge in [0.25, 0.3) is 0 Å². The number of ether oxygens (including phenoxy) is 4. The van der Waals surface area contributed by atoms with Gasteiger partial charge in [0.15, 0.2) is 0 Å². The first kappa shape index (κ1) is 30.1. The molecule has 2 heterocycles. The van der Waals surface area contributed by atoms with Gasteiger partial charge < -0.3 is 18.9 Å². The molecule has 0 aromatic heterocycles. The van der Waals surface area contributed by atoms with Crippen molar-refractivity contribution in [2.75, 3.05) is 13.7 Å². The Morgan fingerprint density at radius 1 is 0.875 bits per heavy atom. The van der Waals surface area contributed by atoms with Crippen LogP contribution in [-0.4, -0.2) is 43.7 Å². The van der Waals surface area contributed by atoms with Crippen LogP contribution in [0.1, 0.15) is 136 Å². The van der Waals surface area contributed by atoms with E-state index in [4.69, 9.17) is 18.9 Å². The number of rotatable bonds is 18. The third-order valence-electron chi connectivity index (χ3n) is 11.2. The van der Waals surface area contributed by atoms with Crippen LogP contribution >= 0.6 is 0 Å². The number of methoxy groups -OCH3 is 1. The van der Waals surface area contributed by atoms with Gasteiger partial charge in [-0.3, -0.25) is 9.59 Å². The van der Waals surface area contributed by atoms with Crippen LogP contribution in [0.4, 0.5) is 0 Å². The highest BCUT2D eigenvalue weighted by Gasteiger charge is 3.00. The van der Waals surface area contributed by atoms with E-state index >= 15 is 0 Å². The number of allylic oxidation sites excluding steroid dienone is 1. The molecule has 0 aromatic carbocycles. The van der Waals surface area contributed by atoms with Crippen molar-refractivity contribution in [3.8, 4) is 0 Å². The van der Waals surface area contributed by atoms with E-state index in [-0.39, 0.29) is 29.9 Å². The minimum Gasteiger partial charge on any atom is -0.469 e. The van der Waals surface area contributed by atoms with E-state index in [1.54, 1.807) is 0 Å². The molecule has 5 rings (SSSR count). The van der Waals surface area contributed by atoms with Crippen molar-refractivity contribution in [1.29, 1.82) is 0 Å². The molecule has 0 bridgehead atoms. The highest BCUT2D eigenvalue weighted by molar-refractivity contribution is 5.85. The summed E-state index contributed by atoms with van der Waals surface area (Å²) in [7, 11) is 1.47. The Bertz CT molecular complexity index is 954. The lowest BCUT2D eigenvalue weighted by Gasteiger charge is -2.49. The van der Waals surface area contributed by atoms with E-state index in [1.165, 1.54) is 102 Å². The SMILES string of the molecule is CCCCCCCCCCCCCCCCCC(=O)OC1OCC23OC2C2C(=C(C)C)CC2C2(C(=O)OC)CC132. The fourth-order valence-corrected chi connectivity index (χ4v) is 8.92. The summed E-state index contributed by atoms with van der Waals surface area (Å²) in [6.07, 6.45) is 20.8. The molecule has 3 aliphatic carbocycles. The van der Waals surface area contributed by atoms with Gasteiger partial charge in [0.2, 0.25) is 6.29 Å². The van der Waals surface area contributed by atoms with Crippen molar-refractivity contribution in [3.63, 3.8) is 0 Å². The second-order valence-corrected chi connectivity index (χ2v) is 13.7. The molecule has 0 N–H and O–H groups in total.